The van der Waals surface area contributed by atoms with Gasteiger partial charge in [-0.3, -0.25) is 0 Å². The predicted molar refractivity (Wildman–Crippen MR) is 111 cm³/mol. The van der Waals surface area contributed by atoms with E-state index in [4.69, 9.17) is 11.6 Å². The standard InChI is InChI=1S/C20H24ClNO2SSi/c1-15-5-11-18(12-6-15)25(23,24)22-19(13-14-26(2,3)4)20(22)16-7-9-17(21)10-8-16/h5-14,19-20H,1-4H3/b14-13+/t19-,20-,22?/m0/s1. The minimum absolute atomic E-state index is 0.144. The summed E-state index contributed by atoms with van der Waals surface area (Å²) in [5.74, 6) is 0. The SMILES string of the molecule is Cc1ccc(S(=O)(=O)N2[C@@H](/C=C/[Si](C)(C)C)[C@@H]2c2ccc(Cl)cc2)cc1. The molecule has 2 aromatic carbocycles. The molecule has 0 aliphatic carbocycles. The second-order valence-corrected chi connectivity index (χ2v) is 15.2. The van der Waals surface area contributed by atoms with Crippen molar-refractivity contribution < 1.29 is 8.42 Å². The number of benzene rings is 2. The largest absolute Gasteiger partial charge is 0.244 e. The Bertz CT molecular complexity index is 916. The molecule has 0 amide bonds. The lowest BCUT2D eigenvalue weighted by molar-refractivity contribution is 0.550. The van der Waals surface area contributed by atoms with E-state index in [-0.39, 0.29) is 12.1 Å². The van der Waals surface area contributed by atoms with Crippen molar-refractivity contribution in [3.63, 3.8) is 0 Å². The Balaban J connectivity index is 1.97. The van der Waals surface area contributed by atoms with Crippen molar-refractivity contribution in [3.05, 3.63) is 76.5 Å². The Labute approximate surface area is 162 Å². The van der Waals surface area contributed by atoms with Crippen LogP contribution in [0.1, 0.15) is 17.2 Å². The molecule has 1 aliphatic heterocycles. The van der Waals surface area contributed by atoms with Gasteiger partial charge in [0, 0.05) is 5.02 Å². The number of rotatable bonds is 5. The maximum absolute atomic E-state index is 13.2. The normalized spacial score (nSPS) is 23.3. The Morgan fingerprint density at radius 3 is 2.12 bits per heavy atom. The summed E-state index contributed by atoms with van der Waals surface area (Å²) in [6, 6.07) is 14.2. The summed E-state index contributed by atoms with van der Waals surface area (Å²) in [5, 5.41) is 0.650. The Morgan fingerprint density at radius 2 is 1.58 bits per heavy atom. The first-order valence-corrected chi connectivity index (χ1v) is 14.0. The Hall–Kier alpha value is -1.40. The molecule has 3 atom stereocenters. The van der Waals surface area contributed by atoms with E-state index in [1.54, 1.807) is 16.4 Å². The fourth-order valence-corrected chi connectivity index (χ4v) is 5.57. The van der Waals surface area contributed by atoms with Gasteiger partial charge < -0.3 is 0 Å². The van der Waals surface area contributed by atoms with Gasteiger partial charge in [-0.1, -0.05) is 72.8 Å². The molecule has 0 aromatic heterocycles. The van der Waals surface area contributed by atoms with E-state index in [0.29, 0.717) is 9.92 Å². The van der Waals surface area contributed by atoms with Crippen LogP contribution >= 0.6 is 11.6 Å². The van der Waals surface area contributed by atoms with Gasteiger partial charge in [-0.25, -0.2) is 8.42 Å². The average Bonchev–Trinajstić information content (AvgIpc) is 3.29. The highest BCUT2D eigenvalue weighted by molar-refractivity contribution is 7.89. The third-order valence-electron chi connectivity index (χ3n) is 4.40. The number of nitrogens with zero attached hydrogens (tertiary/aromatic N) is 1. The summed E-state index contributed by atoms with van der Waals surface area (Å²) < 4.78 is 27.9. The molecular weight excluding hydrogens is 382 g/mol. The number of hydrogen-bond donors (Lipinski definition) is 0. The Morgan fingerprint density at radius 1 is 1.00 bits per heavy atom. The molecule has 2 aromatic rings. The predicted octanol–water partition coefficient (Wildman–Crippen LogP) is 5.20. The quantitative estimate of drug-likeness (QED) is 0.506. The topological polar surface area (TPSA) is 37.1 Å². The third kappa shape index (κ3) is 4.12. The zero-order valence-electron chi connectivity index (χ0n) is 15.5. The van der Waals surface area contributed by atoms with Crippen molar-refractivity contribution in [1.82, 2.24) is 4.31 Å². The monoisotopic (exact) mass is 405 g/mol. The van der Waals surface area contributed by atoms with E-state index >= 15 is 0 Å². The molecule has 1 aliphatic rings. The van der Waals surface area contributed by atoms with E-state index in [0.717, 1.165) is 11.1 Å². The summed E-state index contributed by atoms with van der Waals surface area (Å²) >= 11 is 5.99. The molecule has 26 heavy (non-hydrogen) atoms. The van der Waals surface area contributed by atoms with Crippen LogP contribution in [0.2, 0.25) is 24.7 Å². The van der Waals surface area contributed by atoms with E-state index in [2.05, 4.69) is 31.4 Å². The van der Waals surface area contributed by atoms with Gasteiger partial charge in [0.05, 0.1) is 25.1 Å². The molecular formula is C20H24ClNO2SSi. The molecule has 1 saturated heterocycles. The maximum Gasteiger partial charge on any atom is 0.244 e. The lowest BCUT2D eigenvalue weighted by Crippen LogP contribution is -2.17. The van der Waals surface area contributed by atoms with Crippen LogP contribution < -0.4 is 0 Å². The number of hydrogen-bond acceptors (Lipinski definition) is 2. The highest BCUT2D eigenvalue weighted by Crippen LogP contribution is 2.48. The molecule has 0 radical (unpaired) electrons. The van der Waals surface area contributed by atoms with Gasteiger partial charge >= 0.3 is 0 Å². The molecule has 3 nitrogen and oxygen atoms in total. The summed E-state index contributed by atoms with van der Waals surface area (Å²) in [5.41, 5.74) is 4.22. The van der Waals surface area contributed by atoms with Gasteiger partial charge in [0.25, 0.3) is 0 Å². The zero-order chi connectivity index (χ0) is 19.1. The molecule has 6 heteroatoms. The van der Waals surface area contributed by atoms with Crippen molar-refractivity contribution in [2.75, 3.05) is 0 Å². The van der Waals surface area contributed by atoms with Gasteiger partial charge in [-0.15, -0.1) is 0 Å². The molecule has 0 N–H and O–H groups in total. The smallest absolute Gasteiger partial charge is 0.207 e. The van der Waals surface area contributed by atoms with Crippen LogP contribution in [0.25, 0.3) is 0 Å². The summed E-state index contributed by atoms with van der Waals surface area (Å²) in [4.78, 5) is 0.339. The third-order valence-corrected chi connectivity index (χ3v) is 7.74. The fourth-order valence-electron chi connectivity index (χ4n) is 2.95. The van der Waals surface area contributed by atoms with Crippen molar-refractivity contribution >= 4 is 29.7 Å². The first-order chi connectivity index (χ1) is 12.1. The molecule has 0 spiro atoms. The molecule has 1 fully saturated rings. The van der Waals surface area contributed by atoms with Crippen LogP contribution in [-0.4, -0.2) is 26.8 Å². The van der Waals surface area contributed by atoms with Crippen LogP contribution in [-0.2, 0) is 10.0 Å². The molecule has 138 valence electrons. The van der Waals surface area contributed by atoms with E-state index in [1.165, 1.54) is 0 Å². The van der Waals surface area contributed by atoms with Crippen LogP contribution in [0.15, 0.2) is 65.2 Å². The summed E-state index contributed by atoms with van der Waals surface area (Å²) in [6.45, 7) is 8.66. The molecule has 3 rings (SSSR count). The lowest BCUT2D eigenvalue weighted by Gasteiger charge is -2.08. The van der Waals surface area contributed by atoms with Crippen molar-refractivity contribution in [2.24, 2.45) is 0 Å². The van der Waals surface area contributed by atoms with Crippen molar-refractivity contribution in [1.29, 1.82) is 0 Å². The molecule has 0 bridgehead atoms. The van der Waals surface area contributed by atoms with Gasteiger partial charge in [0.15, 0.2) is 0 Å². The minimum atomic E-state index is -3.54. The first kappa shape index (κ1) is 19.4. The van der Waals surface area contributed by atoms with Gasteiger partial charge in [0.2, 0.25) is 10.0 Å². The van der Waals surface area contributed by atoms with Crippen molar-refractivity contribution in [3.8, 4) is 0 Å². The highest BCUT2D eigenvalue weighted by Gasteiger charge is 2.54. The van der Waals surface area contributed by atoms with Gasteiger partial charge in [-0.05, 0) is 36.8 Å². The van der Waals surface area contributed by atoms with Crippen LogP contribution in [0.3, 0.4) is 0 Å². The number of aryl methyl sites for hydroxylation is 1. The fraction of sp³-hybridized carbons (Fsp3) is 0.300. The number of halogens is 1. The van der Waals surface area contributed by atoms with E-state index < -0.39 is 18.1 Å². The van der Waals surface area contributed by atoms with Crippen LogP contribution in [0.5, 0.6) is 0 Å². The summed E-state index contributed by atoms with van der Waals surface area (Å²) in [7, 11) is -4.96. The highest BCUT2D eigenvalue weighted by atomic mass is 35.5. The lowest BCUT2D eigenvalue weighted by atomic mass is 10.1. The van der Waals surface area contributed by atoms with Gasteiger partial charge in [0.1, 0.15) is 0 Å². The van der Waals surface area contributed by atoms with Crippen LogP contribution in [0.4, 0.5) is 0 Å². The molecule has 0 saturated carbocycles. The minimum Gasteiger partial charge on any atom is -0.207 e. The van der Waals surface area contributed by atoms with Crippen LogP contribution in [0, 0.1) is 6.92 Å². The second-order valence-electron chi connectivity index (χ2n) is 7.86. The zero-order valence-corrected chi connectivity index (χ0v) is 18.1. The maximum atomic E-state index is 13.2. The van der Waals surface area contributed by atoms with E-state index in [9.17, 15) is 8.42 Å². The first-order valence-electron chi connectivity index (χ1n) is 8.65. The van der Waals surface area contributed by atoms with E-state index in [1.807, 2.05) is 43.3 Å². The molecule has 1 heterocycles. The van der Waals surface area contributed by atoms with Crippen molar-refractivity contribution in [2.45, 2.75) is 43.5 Å². The Kier molecular flexibility index (Phi) is 5.19. The average molecular weight is 406 g/mol. The van der Waals surface area contributed by atoms with Gasteiger partial charge in [-0.2, -0.15) is 4.31 Å². The summed E-state index contributed by atoms with van der Waals surface area (Å²) in [6.07, 6.45) is 2.07. The number of sulfonamides is 1. The molecule has 1 unspecified atom stereocenters. The second kappa shape index (κ2) is 6.96.